The van der Waals surface area contributed by atoms with Crippen molar-refractivity contribution in [3.63, 3.8) is 0 Å². The third-order valence-electron chi connectivity index (χ3n) is 4.84. The number of hydrogen-bond acceptors (Lipinski definition) is 4. The van der Waals surface area contributed by atoms with E-state index in [1.807, 2.05) is 18.7 Å². The highest BCUT2D eigenvalue weighted by Gasteiger charge is 2.35. The van der Waals surface area contributed by atoms with Gasteiger partial charge < -0.3 is 19.7 Å². The summed E-state index contributed by atoms with van der Waals surface area (Å²) in [6, 6.07) is 7.32. The van der Waals surface area contributed by atoms with Crippen LogP contribution < -0.4 is 10.1 Å². The average molecular weight is 360 g/mol. The Kier molecular flexibility index (Phi) is 6.14. The van der Waals surface area contributed by atoms with Crippen molar-refractivity contribution in [1.82, 2.24) is 10.2 Å². The van der Waals surface area contributed by atoms with E-state index in [1.54, 1.807) is 24.3 Å². The summed E-state index contributed by atoms with van der Waals surface area (Å²) in [5.74, 6) is 0.729. The van der Waals surface area contributed by atoms with Gasteiger partial charge in [-0.3, -0.25) is 9.59 Å². The molecular formula is C20H28N2O4. The van der Waals surface area contributed by atoms with E-state index in [9.17, 15) is 9.59 Å². The van der Waals surface area contributed by atoms with E-state index in [0.29, 0.717) is 24.5 Å². The van der Waals surface area contributed by atoms with Crippen LogP contribution in [0.25, 0.3) is 0 Å². The van der Waals surface area contributed by atoms with Crippen LogP contribution in [-0.4, -0.2) is 54.7 Å². The van der Waals surface area contributed by atoms with Crippen molar-refractivity contribution in [2.45, 2.75) is 57.7 Å². The Bertz CT molecular complexity index is 623. The third kappa shape index (κ3) is 4.55. The zero-order chi connectivity index (χ0) is 18.5. The smallest absolute Gasteiger partial charge is 0.252 e. The molecule has 2 heterocycles. The molecule has 1 aromatic rings. The summed E-state index contributed by atoms with van der Waals surface area (Å²) < 4.78 is 11.4. The molecule has 2 saturated heterocycles. The van der Waals surface area contributed by atoms with E-state index < -0.39 is 0 Å². The second-order valence-corrected chi connectivity index (χ2v) is 7.29. The van der Waals surface area contributed by atoms with Gasteiger partial charge in [0.2, 0.25) is 0 Å². The van der Waals surface area contributed by atoms with Crippen molar-refractivity contribution in [2.24, 2.45) is 0 Å². The fourth-order valence-electron chi connectivity index (χ4n) is 3.50. The van der Waals surface area contributed by atoms with Gasteiger partial charge in [-0.2, -0.15) is 0 Å². The molecule has 3 rings (SSSR count). The first-order chi connectivity index (χ1) is 12.5. The molecule has 2 aliphatic heterocycles. The molecule has 0 bridgehead atoms. The van der Waals surface area contributed by atoms with Crippen molar-refractivity contribution in [3.05, 3.63) is 29.8 Å². The van der Waals surface area contributed by atoms with Gasteiger partial charge in [0.15, 0.2) is 0 Å². The second-order valence-electron chi connectivity index (χ2n) is 7.29. The maximum Gasteiger partial charge on any atom is 0.252 e. The summed E-state index contributed by atoms with van der Waals surface area (Å²) >= 11 is 0. The van der Waals surface area contributed by atoms with Gasteiger partial charge in [-0.25, -0.2) is 0 Å². The number of benzene rings is 1. The highest BCUT2D eigenvalue weighted by atomic mass is 16.5. The molecule has 0 aromatic heterocycles. The minimum atomic E-state index is -0.269. The lowest BCUT2D eigenvalue weighted by Gasteiger charge is -2.27. The second kappa shape index (κ2) is 8.54. The Morgan fingerprint density at radius 3 is 2.65 bits per heavy atom. The van der Waals surface area contributed by atoms with Crippen LogP contribution in [-0.2, 0) is 9.53 Å². The van der Waals surface area contributed by atoms with Crippen LogP contribution in [0.2, 0.25) is 0 Å². The third-order valence-corrected chi connectivity index (χ3v) is 4.84. The Labute approximate surface area is 154 Å². The molecule has 0 saturated carbocycles. The predicted molar refractivity (Wildman–Crippen MR) is 98.2 cm³/mol. The van der Waals surface area contributed by atoms with E-state index in [0.717, 1.165) is 32.2 Å². The molecule has 2 atom stereocenters. The fraction of sp³-hybridized carbons (Fsp3) is 0.600. The maximum atomic E-state index is 12.6. The molecule has 0 radical (unpaired) electrons. The number of likely N-dealkylation sites (tertiary alicyclic amines) is 1. The zero-order valence-electron chi connectivity index (χ0n) is 15.6. The topological polar surface area (TPSA) is 67.9 Å². The van der Waals surface area contributed by atoms with Crippen LogP contribution >= 0.6 is 0 Å². The normalized spacial score (nSPS) is 22.7. The fourth-order valence-corrected chi connectivity index (χ4v) is 3.50. The van der Waals surface area contributed by atoms with Crippen molar-refractivity contribution in [2.75, 3.05) is 19.8 Å². The van der Waals surface area contributed by atoms with Crippen molar-refractivity contribution < 1.29 is 19.1 Å². The van der Waals surface area contributed by atoms with Gasteiger partial charge in [-0.05, 0) is 63.8 Å². The summed E-state index contributed by atoms with van der Waals surface area (Å²) in [6.07, 6.45) is 3.47. The molecule has 142 valence electrons. The molecule has 2 amide bonds. The highest BCUT2D eigenvalue weighted by molar-refractivity contribution is 5.94. The predicted octanol–water partition coefficient (Wildman–Crippen LogP) is 2.37. The highest BCUT2D eigenvalue weighted by Crippen LogP contribution is 2.23. The average Bonchev–Trinajstić information content (AvgIpc) is 3.31. The number of carbonyl (C=O) groups excluding carboxylic acids is 2. The summed E-state index contributed by atoms with van der Waals surface area (Å²) in [6.45, 7) is 5.79. The molecule has 0 aliphatic carbocycles. The van der Waals surface area contributed by atoms with Crippen LogP contribution in [0.1, 0.15) is 49.9 Å². The molecule has 26 heavy (non-hydrogen) atoms. The lowest BCUT2D eigenvalue weighted by molar-refractivity contribution is -0.142. The standard InChI is InChI=1S/C20H28N2O4/c1-14(2)21-19(23)15-7-9-17(10-8-15)26-13-16-5-3-11-22(16)20(24)18-6-4-12-25-18/h7-10,14,16,18H,3-6,11-13H2,1-2H3,(H,21,23)/t16-,18-/m0/s1. The number of carbonyl (C=O) groups is 2. The summed E-state index contributed by atoms with van der Waals surface area (Å²) in [5.41, 5.74) is 0.613. The SMILES string of the molecule is CC(C)NC(=O)c1ccc(OC[C@@H]2CCCN2C(=O)[C@@H]2CCCO2)cc1. The van der Waals surface area contributed by atoms with Crippen LogP contribution in [0.15, 0.2) is 24.3 Å². The first-order valence-electron chi connectivity index (χ1n) is 9.50. The van der Waals surface area contributed by atoms with Crippen LogP contribution in [0.5, 0.6) is 5.75 Å². The van der Waals surface area contributed by atoms with E-state index >= 15 is 0 Å². The molecule has 1 aromatic carbocycles. The van der Waals surface area contributed by atoms with E-state index in [2.05, 4.69) is 5.32 Å². The maximum absolute atomic E-state index is 12.6. The van der Waals surface area contributed by atoms with Gasteiger partial charge in [0.1, 0.15) is 18.5 Å². The first-order valence-corrected chi connectivity index (χ1v) is 9.50. The number of rotatable bonds is 6. The van der Waals surface area contributed by atoms with Crippen LogP contribution in [0, 0.1) is 0 Å². The van der Waals surface area contributed by atoms with Gasteiger partial charge in [0.05, 0.1) is 6.04 Å². The van der Waals surface area contributed by atoms with Crippen molar-refractivity contribution in [1.29, 1.82) is 0 Å². The van der Waals surface area contributed by atoms with Gasteiger partial charge in [-0.1, -0.05) is 0 Å². The monoisotopic (exact) mass is 360 g/mol. The molecule has 6 heteroatoms. The quantitative estimate of drug-likeness (QED) is 0.846. The van der Waals surface area contributed by atoms with E-state index in [-0.39, 0.29) is 30.0 Å². The summed E-state index contributed by atoms with van der Waals surface area (Å²) in [7, 11) is 0. The number of ether oxygens (including phenoxy) is 2. The Morgan fingerprint density at radius 1 is 1.23 bits per heavy atom. The first kappa shape index (κ1) is 18.7. The Hall–Kier alpha value is -2.08. The number of amides is 2. The summed E-state index contributed by atoms with van der Waals surface area (Å²) in [4.78, 5) is 26.5. The van der Waals surface area contributed by atoms with Gasteiger partial charge >= 0.3 is 0 Å². The zero-order valence-corrected chi connectivity index (χ0v) is 15.6. The Morgan fingerprint density at radius 2 is 2.00 bits per heavy atom. The summed E-state index contributed by atoms with van der Waals surface area (Å²) in [5, 5.41) is 2.86. The minimum absolute atomic E-state index is 0.0873. The number of hydrogen-bond donors (Lipinski definition) is 1. The van der Waals surface area contributed by atoms with Gasteiger partial charge in [0.25, 0.3) is 11.8 Å². The molecule has 0 spiro atoms. The molecule has 2 aliphatic rings. The van der Waals surface area contributed by atoms with Crippen molar-refractivity contribution >= 4 is 11.8 Å². The molecule has 0 unspecified atom stereocenters. The molecule has 2 fully saturated rings. The number of nitrogens with one attached hydrogen (secondary N) is 1. The lowest BCUT2D eigenvalue weighted by atomic mass is 10.2. The molecule has 1 N–H and O–H groups in total. The van der Waals surface area contributed by atoms with Crippen LogP contribution in [0.4, 0.5) is 0 Å². The van der Waals surface area contributed by atoms with E-state index in [4.69, 9.17) is 9.47 Å². The van der Waals surface area contributed by atoms with Crippen LogP contribution in [0.3, 0.4) is 0 Å². The minimum Gasteiger partial charge on any atom is -0.491 e. The van der Waals surface area contributed by atoms with E-state index in [1.165, 1.54) is 0 Å². The largest absolute Gasteiger partial charge is 0.491 e. The Balaban J connectivity index is 1.53. The molecule has 6 nitrogen and oxygen atoms in total. The number of nitrogens with zero attached hydrogens (tertiary/aromatic N) is 1. The van der Waals surface area contributed by atoms with Gasteiger partial charge in [-0.15, -0.1) is 0 Å². The lowest BCUT2D eigenvalue weighted by Crippen LogP contribution is -2.44. The molecular weight excluding hydrogens is 332 g/mol. The van der Waals surface area contributed by atoms with Gasteiger partial charge in [0, 0.05) is 24.8 Å². The van der Waals surface area contributed by atoms with Crippen molar-refractivity contribution in [3.8, 4) is 5.75 Å².